The molecule has 0 aliphatic heterocycles. The maximum Gasteiger partial charge on any atom is 0.335 e. The van der Waals surface area contributed by atoms with E-state index in [4.69, 9.17) is 21.4 Å². The van der Waals surface area contributed by atoms with Crippen LogP contribution in [0, 0.1) is 12.8 Å². The number of pyridine rings is 1. The third-order valence-corrected chi connectivity index (χ3v) is 3.97. The number of fused-ring (bicyclic) bond motifs is 1. The molecule has 0 atom stereocenters. The molecule has 0 aliphatic carbocycles. The average Bonchev–Trinajstić information content (AvgIpc) is 2.98. The van der Waals surface area contributed by atoms with Crippen molar-refractivity contribution >= 4 is 28.5 Å². The zero-order valence-corrected chi connectivity index (χ0v) is 16.9. The van der Waals surface area contributed by atoms with Crippen LogP contribution in [0.3, 0.4) is 0 Å². The van der Waals surface area contributed by atoms with Gasteiger partial charge in [0.1, 0.15) is 5.02 Å². The van der Waals surface area contributed by atoms with Crippen LogP contribution >= 0.6 is 11.6 Å². The van der Waals surface area contributed by atoms with E-state index in [0.29, 0.717) is 29.1 Å². The number of benzene rings is 1. The monoisotopic (exact) mass is 389 g/mol. The largest absolute Gasteiger partial charge is 0.478 e. The summed E-state index contributed by atoms with van der Waals surface area (Å²) >= 11 is 6.28. The lowest BCUT2D eigenvalue weighted by molar-refractivity contribution is 0.0697. The highest BCUT2D eigenvalue weighted by Gasteiger charge is 2.14. The Morgan fingerprint density at radius 3 is 2.59 bits per heavy atom. The predicted molar refractivity (Wildman–Crippen MR) is 107 cm³/mol. The Balaban J connectivity index is 0.00000126. The molecule has 0 radical (unpaired) electrons. The molecule has 0 bridgehead atoms. The van der Waals surface area contributed by atoms with E-state index in [1.54, 1.807) is 35.1 Å². The van der Waals surface area contributed by atoms with E-state index < -0.39 is 5.97 Å². The summed E-state index contributed by atoms with van der Waals surface area (Å²) in [6.07, 6.45) is 1.64. The first kappa shape index (κ1) is 20.7. The van der Waals surface area contributed by atoms with E-state index in [9.17, 15) is 4.79 Å². The first-order valence-corrected chi connectivity index (χ1v) is 9.26. The number of halogens is 1. The van der Waals surface area contributed by atoms with Gasteiger partial charge >= 0.3 is 5.97 Å². The Kier molecular flexibility index (Phi) is 6.80. The standard InChI is InChI=1S/C18H18ClN3O3.C2H6/c1-10(2)9-25-17-15(19)7-13(8-20-17)22-16-5-4-12(18(23)24)6-14(16)11(3)21-22;1-2/h4-8,10H,9H2,1-3H3,(H,23,24);1-2H3. The van der Waals surface area contributed by atoms with Crippen molar-refractivity contribution in [1.82, 2.24) is 14.8 Å². The molecule has 0 saturated heterocycles. The van der Waals surface area contributed by atoms with E-state index in [2.05, 4.69) is 10.1 Å². The van der Waals surface area contributed by atoms with Crippen LogP contribution < -0.4 is 4.74 Å². The summed E-state index contributed by atoms with van der Waals surface area (Å²) in [6, 6.07) is 6.64. The Hall–Kier alpha value is -2.60. The third kappa shape index (κ3) is 4.57. The maximum absolute atomic E-state index is 11.2. The number of carbonyl (C=O) groups is 1. The molecular weight excluding hydrogens is 366 g/mol. The molecule has 3 aromatic rings. The molecule has 2 aromatic heterocycles. The van der Waals surface area contributed by atoms with Crippen molar-refractivity contribution in [2.45, 2.75) is 34.6 Å². The molecule has 1 aromatic carbocycles. The molecule has 0 aliphatic rings. The second-order valence-corrected chi connectivity index (χ2v) is 6.63. The topological polar surface area (TPSA) is 77.2 Å². The molecular formula is C20H24ClN3O3. The van der Waals surface area contributed by atoms with Gasteiger partial charge in [0.15, 0.2) is 0 Å². The number of carboxylic acid groups (broad SMARTS) is 1. The number of ether oxygens (including phenoxy) is 1. The lowest BCUT2D eigenvalue weighted by Crippen LogP contribution is -2.06. The van der Waals surface area contributed by atoms with Gasteiger partial charge in [-0.15, -0.1) is 0 Å². The van der Waals surface area contributed by atoms with Crippen LogP contribution in [-0.4, -0.2) is 32.4 Å². The van der Waals surface area contributed by atoms with Crippen molar-refractivity contribution in [3.05, 3.63) is 46.7 Å². The van der Waals surface area contributed by atoms with Crippen LogP contribution in [0.4, 0.5) is 0 Å². The van der Waals surface area contributed by atoms with Gasteiger partial charge in [-0.25, -0.2) is 14.5 Å². The Morgan fingerprint density at radius 2 is 2.00 bits per heavy atom. The quantitative estimate of drug-likeness (QED) is 0.653. The molecule has 0 amide bonds. The van der Waals surface area contributed by atoms with Gasteiger partial charge in [-0.2, -0.15) is 5.10 Å². The van der Waals surface area contributed by atoms with Crippen molar-refractivity contribution in [1.29, 1.82) is 0 Å². The second kappa shape index (κ2) is 8.86. The van der Waals surface area contributed by atoms with Gasteiger partial charge < -0.3 is 9.84 Å². The van der Waals surface area contributed by atoms with Crippen molar-refractivity contribution < 1.29 is 14.6 Å². The lowest BCUT2D eigenvalue weighted by atomic mass is 10.1. The Bertz CT molecular complexity index is 951. The number of aryl methyl sites for hydroxylation is 1. The van der Waals surface area contributed by atoms with Crippen molar-refractivity contribution in [2.24, 2.45) is 5.92 Å². The summed E-state index contributed by atoms with van der Waals surface area (Å²) in [5.41, 5.74) is 2.43. The zero-order chi connectivity index (χ0) is 20.1. The van der Waals surface area contributed by atoms with Crippen molar-refractivity contribution in [3.8, 4) is 11.6 Å². The first-order chi connectivity index (χ1) is 12.9. The van der Waals surface area contributed by atoms with E-state index in [1.807, 2.05) is 34.6 Å². The van der Waals surface area contributed by atoms with Gasteiger partial charge in [-0.05, 0) is 37.1 Å². The molecule has 0 fully saturated rings. The van der Waals surface area contributed by atoms with Crippen LogP contribution in [0.1, 0.15) is 43.7 Å². The van der Waals surface area contributed by atoms with Crippen LogP contribution in [0.5, 0.6) is 5.88 Å². The molecule has 0 spiro atoms. The van der Waals surface area contributed by atoms with Gasteiger partial charge in [-0.1, -0.05) is 39.3 Å². The zero-order valence-electron chi connectivity index (χ0n) is 16.2. The Morgan fingerprint density at radius 1 is 1.30 bits per heavy atom. The molecule has 0 saturated carbocycles. The number of rotatable bonds is 5. The highest BCUT2D eigenvalue weighted by atomic mass is 35.5. The van der Waals surface area contributed by atoms with Crippen molar-refractivity contribution in [2.75, 3.05) is 6.61 Å². The third-order valence-electron chi connectivity index (χ3n) is 3.70. The molecule has 2 heterocycles. The summed E-state index contributed by atoms with van der Waals surface area (Å²) in [5.74, 6) is -0.204. The van der Waals surface area contributed by atoms with E-state index >= 15 is 0 Å². The van der Waals surface area contributed by atoms with Crippen LogP contribution in [0.15, 0.2) is 30.5 Å². The fourth-order valence-electron chi connectivity index (χ4n) is 2.48. The maximum atomic E-state index is 11.2. The summed E-state index contributed by atoms with van der Waals surface area (Å²) in [7, 11) is 0. The number of hydrogen-bond donors (Lipinski definition) is 1. The summed E-state index contributed by atoms with van der Waals surface area (Å²) in [6.45, 7) is 10.5. The second-order valence-electron chi connectivity index (χ2n) is 6.22. The molecule has 3 rings (SSSR count). The van der Waals surface area contributed by atoms with Gasteiger partial charge in [-0.3, -0.25) is 0 Å². The molecule has 144 valence electrons. The van der Waals surface area contributed by atoms with E-state index in [-0.39, 0.29) is 5.56 Å². The minimum absolute atomic E-state index is 0.226. The van der Waals surface area contributed by atoms with Crippen LogP contribution in [0.2, 0.25) is 5.02 Å². The molecule has 7 heteroatoms. The number of nitrogens with zero attached hydrogens (tertiary/aromatic N) is 3. The van der Waals surface area contributed by atoms with Crippen LogP contribution in [0.25, 0.3) is 16.6 Å². The molecule has 1 N–H and O–H groups in total. The summed E-state index contributed by atoms with van der Waals surface area (Å²) in [4.78, 5) is 15.4. The summed E-state index contributed by atoms with van der Waals surface area (Å²) < 4.78 is 7.28. The smallest absolute Gasteiger partial charge is 0.335 e. The van der Waals surface area contributed by atoms with Gasteiger partial charge in [0.2, 0.25) is 5.88 Å². The number of hydrogen-bond acceptors (Lipinski definition) is 4. The van der Waals surface area contributed by atoms with Gasteiger partial charge in [0, 0.05) is 5.39 Å². The van der Waals surface area contributed by atoms with Gasteiger partial charge in [0.05, 0.1) is 35.3 Å². The predicted octanol–water partition coefficient (Wildman–Crippen LogP) is 5.14. The normalized spacial score (nSPS) is 10.6. The van der Waals surface area contributed by atoms with E-state index in [1.165, 1.54) is 0 Å². The number of aromatic nitrogens is 3. The molecule has 27 heavy (non-hydrogen) atoms. The molecule has 0 unspecified atom stereocenters. The SMILES string of the molecule is CC.Cc1nn(-c2cnc(OCC(C)C)c(Cl)c2)c2ccc(C(=O)O)cc12. The molecule has 6 nitrogen and oxygen atoms in total. The summed E-state index contributed by atoms with van der Waals surface area (Å²) in [5, 5.41) is 14.8. The van der Waals surface area contributed by atoms with Crippen LogP contribution in [-0.2, 0) is 0 Å². The first-order valence-electron chi connectivity index (χ1n) is 8.88. The van der Waals surface area contributed by atoms with Gasteiger partial charge in [0.25, 0.3) is 0 Å². The van der Waals surface area contributed by atoms with Crippen molar-refractivity contribution in [3.63, 3.8) is 0 Å². The Labute approximate surface area is 163 Å². The lowest BCUT2D eigenvalue weighted by Gasteiger charge is -2.10. The fourth-order valence-corrected chi connectivity index (χ4v) is 2.70. The highest BCUT2D eigenvalue weighted by molar-refractivity contribution is 6.32. The van der Waals surface area contributed by atoms with E-state index in [0.717, 1.165) is 16.6 Å². The fraction of sp³-hybridized carbons (Fsp3) is 0.350. The minimum Gasteiger partial charge on any atom is -0.478 e. The minimum atomic E-state index is -0.967. The average molecular weight is 390 g/mol. The highest BCUT2D eigenvalue weighted by Crippen LogP contribution is 2.28. The number of aromatic carboxylic acids is 1. The number of carboxylic acids is 1.